The standard InChI is InChI=1S/C27H30N2O5/c1-15-9-6-7-10-18(15)29-27(31)22-16(2)28-19-11-8-12-20(30)24(19)23(22)17-13-14-21(32-3)26(34-5)25(17)33-4/h6-7,9-10,13-14,22-23H,8,11-12H2,1-5H3,(H,29,31)/t22?,23-/m0/s1. The summed E-state index contributed by atoms with van der Waals surface area (Å²) in [6.45, 7) is 3.79. The van der Waals surface area contributed by atoms with Crippen LogP contribution in [0.5, 0.6) is 17.2 Å². The van der Waals surface area contributed by atoms with Gasteiger partial charge in [0, 0.05) is 40.6 Å². The van der Waals surface area contributed by atoms with Gasteiger partial charge in [-0.1, -0.05) is 24.3 Å². The molecule has 0 radical (unpaired) electrons. The Labute approximate surface area is 199 Å². The molecule has 0 spiro atoms. The number of ketones is 1. The van der Waals surface area contributed by atoms with Crippen molar-refractivity contribution >= 4 is 23.1 Å². The van der Waals surface area contributed by atoms with Gasteiger partial charge in [-0.2, -0.15) is 0 Å². The minimum absolute atomic E-state index is 0.0213. The normalized spacial score (nSPS) is 19.8. The molecule has 178 valence electrons. The zero-order chi connectivity index (χ0) is 24.4. The third-order valence-electron chi connectivity index (χ3n) is 6.59. The van der Waals surface area contributed by atoms with Crippen LogP contribution in [0.2, 0.25) is 0 Å². The van der Waals surface area contributed by atoms with Crippen LogP contribution in [0, 0.1) is 12.8 Å². The second-order valence-electron chi connectivity index (χ2n) is 8.57. The fourth-order valence-electron chi connectivity index (χ4n) is 4.98. The number of rotatable bonds is 6. The van der Waals surface area contributed by atoms with E-state index >= 15 is 0 Å². The SMILES string of the molecule is COc1ccc([C@@H]2C3=C(CCCC3=O)N=C(C)C2C(=O)Nc2ccccc2C)c(OC)c1OC. The lowest BCUT2D eigenvalue weighted by Gasteiger charge is -2.36. The van der Waals surface area contributed by atoms with Crippen LogP contribution in [0.1, 0.15) is 43.2 Å². The first-order valence-electron chi connectivity index (χ1n) is 11.4. The molecular formula is C27H30N2O5. The summed E-state index contributed by atoms with van der Waals surface area (Å²) in [6.07, 6.45) is 1.90. The highest BCUT2D eigenvalue weighted by Crippen LogP contribution is 2.50. The van der Waals surface area contributed by atoms with Crippen LogP contribution >= 0.6 is 0 Å². The number of nitrogens with zero attached hydrogens (tertiary/aromatic N) is 1. The molecule has 0 fully saturated rings. The van der Waals surface area contributed by atoms with E-state index in [4.69, 9.17) is 19.2 Å². The quantitative estimate of drug-likeness (QED) is 0.664. The molecule has 0 aromatic heterocycles. The molecule has 0 saturated carbocycles. The molecule has 7 heteroatoms. The van der Waals surface area contributed by atoms with E-state index in [0.717, 1.165) is 23.4 Å². The van der Waals surface area contributed by atoms with E-state index in [9.17, 15) is 9.59 Å². The van der Waals surface area contributed by atoms with Gasteiger partial charge in [-0.3, -0.25) is 14.6 Å². The number of allylic oxidation sites excluding steroid dienone is 2. The van der Waals surface area contributed by atoms with Gasteiger partial charge < -0.3 is 19.5 Å². The molecule has 0 bridgehead atoms. The zero-order valence-corrected chi connectivity index (χ0v) is 20.2. The van der Waals surface area contributed by atoms with Crippen LogP contribution in [0.15, 0.2) is 52.7 Å². The van der Waals surface area contributed by atoms with Crippen LogP contribution < -0.4 is 19.5 Å². The average Bonchev–Trinajstić information content (AvgIpc) is 2.83. The fraction of sp³-hybridized carbons (Fsp3) is 0.370. The number of ether oxygens (including phenoxy) is 3. The van der Waals surface area contributed by atoms with Crippen molar-refractivity contribution in [1.82, 2.24) is 0 Å². The molecule has 1 N–H and O–H groups in total. The third kappa shape index (κ3) is 4.06. The Morgan fingerprint density at radius 2 is 1.71 bits per heavy atom. The molecule has 4 rings (SSSR count). The molecule has 2 aliphatic rings. The highest BCUT2D eigenvalue weighted by molar-refractivity contribution is 6.13. The smallest absolute Gasteiger partial charge is 0.234 e. The third-order valence-corrected chi connectivity index (χ3v) is 6.59. The maximum absolute atomic E-state index is 13.7. The number of nitrogens with one attached hydrogen (secondary N) is 1. The first-order chi connectivity index (χ1) is 16.4. The van der Waals surface area contributed by atoms with E-state index in [1.54, 1.807) is 20.3 Å². The number of aryl methyl sites for hydroxylation is 1. The van der Waals surface area contributed by atoms with Gasteiger partial charge in [0.25, 0.3) is 0 Å². The summed E-state index contributed by atoms with van der Waals surface area (Å²) in [5, 5.41) is 3.06. The van der Waals surface area contributed by atoms with E-state index in [2.05, 4.69) is 5.32 Å². The number of Topliss-reactive ketones (excluding diaryl/α,β-unsaturated/α-hetero) is 1. The van der Waals surface area contributed by atoms with Gasteiger partial charge in [-0.15, -0.1) is 0 Å². The van der Waals surface area contributed by atoms with Crippen LogP contribution in [-0.2, 0) is 9.59 Å². The molecule has 1 aliphatic heterocycles. The molecule has 2 aromatic rings. The largest absolute Gasteiger partial charge is 0.493 e. The van der Waals surface area contributed by atoms with E-state index in [1.807, 2.05) is 44.2 Å². The van der Waals surface area contributed by atoms with Crippen LogP contribution in [-0.4, -0.2) is 38.7 Å². The van der Waals surface area contributed by atoms with Crippen molar-refractivity contribution < 1.29 is 23.8 Å². The number of methoxy groups -OCH3 is 3. The molecule has 7 nitrogen and oxygen atoms in total. The molecule has 2 atom stereocenters. The highest BCUT2D eigenvalue weighted by Gasteiger charge is 2.44. The number of carbonyl (C=O) groups excluding carboxylic acids is 2. The van der Waals surface area contributed by atoms with Gasteiger partial charge >= 0.3 is 0 Å². The molecular weight excluding hydrogens is 432 g/mol. The Hall–Kier alpha value is -3.61. The topological polar surface area (TPSA) is 86.2 Å². The number of amides is 1. The minimum Gasteiger partial charge on any atom is -0.493 e. The average molecular weight is 463 g/mol. The molecule has 34 heavy (non-hydrogen) atoms. The number of para-hydroxylation sites is 1. The molecule has 1 unspecified atom stereocenters. The molecule has 1 aliphatic carbocycles. The second kappa shape index (κ2) is 9.71. The molecule has 1 amide bonds. The van der Waals surface area contributed by atoms with Crippen molar-refractivity contribution in [3.8, 4) is 17.2 Å². The summed E-state index contributed by atoms with van der Waals surface area (Å²) in [4.78, 5) is 31.7. The Kier molecular flexibility index (Phi) is 6.72. The summed E-state index contributed by atoms with van der Waals surface area (Å²) in [5.41, 5.74) is 4.40. The summed E-state index contributed by atoms with van der Waals surface area (Å²) in [5.74, 6) is -0.0668. The van der Waals surface area contributed by atoms with Gasteiger partial charge in [-0.05, 0) is 44.4 Å². The number of benzene rings is 2. The number of hydrogen-bond donors (Lipinski definition) is 1. The van der Waals surface area contributed by atoms with Gasteiger partial charge in [0.15, 0.2) is 17.3 Å². The Balaban J connectivity index is 1.89. The van der Waals surface area contributed by atoms with Crippen molar-refractivity contribution in [1.29, 1.82) is 0 Å². The number of aliphatic imine (C=N–C) groups is 1. The maximum atomic E-state index is 13.7. The lowest BCUT2D eigenvalue weighted by Crippen LogP contribution is -2.39. The number of hydrogen-bond acceptors (Lipinski definition) is 6. The lowest BCUT2D eigenvalue weighted by molar-refractivity contribution is -0.119. The molecule has 0 saturated heterocycles. The van der Waals surface area contributed by atoms with Crippen LogP contribution in [0.4, 0.5) is 5.69 Å². The first-order valence-corrected chi connectivity index (χ1v) is 11.4. The monoisotopic (exact) mass is 462 g/mol. The Morgan fingerprint density at radius 3 is 2.38 bits per heavy atom. The minimum atomic E-state index is -0.688. The Morgan fingerprint density at radius 1 is 0.971 bits per heavy atom. The number of carbonyl (C=O) groups is 2. The van der Waals surface area contributed by atoms with Crippen molar-refractivity contribution in [2.24, 2.45) is 10.9 Å². The van der Waals surface area contributed by atoms with Crippen molar-refractivity contribution in [2.45, 2.75) is 39.0 Å². The van der Waals surface area contributed by atoms with Gasteiger partial charge in [0.1, 0.15) is 0 Å². The van der Waals surface area contributed by atoms with E-state index < -0.39 is 11.8 Å². The van der Waals surface area contributed by atoms with Crippen molar-refractivity contribution in [3.05, 3.63) is 58.8 Å². The van der Waals surface area contributed by atoms with Crippen molar-refractivity contribution in [3.63, 3.8) is 0 Å². The fourth-order valence-corrected chi connectivity index (χ4v) is 4.98. The van der Waals surface area contributed by atoms with E-state index in [-0.39, 0.29) is 11.7 Å². The van der Waals surface area contributed by atoms with Gasteiger partial charge in [-0.25, -0.2) is 0 Å². The first kappa shape index (κ1) is 23.5. The Bertz CT molecular complexity index is 1200. The summed E-state index contributed by atoms with van der Waals surface area (Å²) < 4.78 is 16.8. The molecule has 2 aromatic carbocycles. The van der Waals surface area contributed by atoms with Gasteiger partial charge in [0.05, 0.1) is 27.2 Å². The lowest BCUT2D eigenvalue weighted by atomic mass is 9.71. The zero-order valence-electron chi connectivity index (χ0n) is 20.2. The van der Waals surface area contributed by atoms with Crippen molar-refractivity contribution in [2.75, 3.05) is 26.6 Å². The van der Waals surface area contributed by atoms with Crippen LogP contribution in [0.3, 0.4) is 0 Å². The summed E-state index contributed by atoms with van der Waals surface area (Å²) >= 11 is 0. The van der Waals surface area contributed by atoms with E-state index in [0.29, 0.717) is 46.9 Å². The molecule has 1 heterocycles. The summed E-state index contributed by atoms with van der Waals surface area (Å²) in [6, 6.07) is 11.2. The predicted molar refractivity (Wildman–Crippen MR) is 131 cm³/mol. The highest BCUT2D eigenvalue weighted by atomic mass is 16.5. The maximum Gasteiger partial charge on any atom is 0.234 e. The van der Waals surface area contributed by atoms with Crippen LogP contribution in [0.25, 0.3) is 0 Å². The summed E-state index contributed by atoms with van der Waals surface area (Å²) in [7, 11) is 4.64. The van der Waals surface area contributed by atoms with E-state index in [1.165, 1.54) is 7.11 Å². The number of anilines is 1. The predicted octanol–water partition coefficient (Wildman–Crippen LogP) is 4.84. The second-order valence-corrected chi connectivity index (χ2v) is 8.57. The van der Waals surface area contributed by atoms with Gasteiger partial charge in [0.2, 0.25) is 11.7 Å².